The first-order chi connectivity index (χ1) is 19.5. The van der Waals surface area contributed by atoms with E-state index in [0.717, 1.165) is 40.8 Å². The summed E-state index contributed by atoms with van der Waals surface area (Å²) in [6, 6.07) is 15.0. The molecule has 0 atom stereocenters. The summed E-state index contributed by atoms with van der Waals surface area (Å²) in [7, 11) is 0. The normalized spacial score (nSPS) is 13.3. The van der Waals surface area contributed by atoms with E-state index in [-0.39, 0.29) is 24.4 Å². The van der Waals surface area contributed by atoms with Gasteiger partial charge in [0.2, 0.25) is 0 Å². The molecule has 0 radical (unpaired) electrons. The quantitative estimate of drug-likeness (QED) is 0.223. The van der Waals surface area contributed by atoms with E-state index >= 15 is 0 Å². The summed E-state index contributed by atoms with van der Waals surface area (Å²) < 4.78 is 40.6. The number of hydrogen-bond acceptors (Lipinski definition) is 4. The Morgan fingerprint density at radius 1 is 0.951 bits per heavy atom. The van der Waals surface area contributed by atoms with Gasteiger partial charge in [-0.1, -0.05) is 12.1 Å². The van der Waals surface area contributed by atoms with E-state index in [2.05, 4.69) is 20.9 Å². The minimum Gasteiger partial charge on any atom is -0.383 e. The maximum absolute atomic E-state index is 12.9. The van der Waals surface area contributed by atoms with Crippen molar-refractivity contribution >= 4 is 28.5 Å². The second-order valence-electron chi connectivity index (χ2n) is 10.4. The van der Waals surface area contributed by atoms with Gasteiger partial charge in [0.1, 0.15) is 11.8 Å². The van der Waals surface area contributed by atoms with Crippen LogP contribution >= 0.6 is 0 Å². The van der Waals surface area contributed by atoms with E-state index in [1.165, 1.54) is 0 Å². The maximum atomic E-state index is 12.9. The highest BCUT2D eigenvalue weighted by atomic mass is 19.4. The van der Waals surface area contributed by atoms with Crippen LogP contribution in [0.25, 0.3) is 27.8 Å². The number of carbonyl (C=O) groups excluding carboxylic acids is 2. The van der Waals surface area contributed by atoms with E-state index in [9.17, 15) is 22.8 Å². The monoisotopic (exact) mass is 563 g/mol. The average molecular weight is 564 g/mol. The zero-order valence-electron chi connectivity index (χ0n) is 23.2. The number of anilines is 1. The highest BCUT2D eigenvalue weighted by Crippen LogP contribution is 2.33. The third-order valence-electron chi connectivity index (χ3n) is 7.16. The van der Waals surface area contributed by atoms with Crippen molar-refractivity contribution in [3.05, 3.63) is 77.1 Å². The Kier molecular flexibility index (Phi) is 7.75. The van der Waals surface area contributed by atoms with Crippen LogP contribution in [0.5, 0.6) is 0 Å². The minimum atomic E-state index is -4.29. The van der Waals surface area contributed by atoms with Gasteiger partial charge in [0.05, 0.1) is 17.6 Å². The van der Waals surface area contributed by atoms with E-state index < -0.39 is 12.6 Å². The van der Waals surface area contributed by atoms with Crippen molar-refractivity contribution < 1.29 is 22.8 Å². The fourth-order valence-electron chi connectivity index (χ4n) is 4.86. The van der Waals surface area contributed by atoms with E-state index in [1.807, 2.05) is 55.7 Å². The number of carbonyl (C=O) groups is 2. The lowest BCUT2D eigenvalue weighted by molar-refractivity contribution is -0.131. The summed E-state index contributed by atoms with van der Waals surface area (Å²) in [4.78, 5) is 29.6. The van der Waals surface area contributed by atoms with Crippen LogP contribution in [0.1, 0.15) is 58.0 Å². The number of hydrogen-bond donors (Lipinski definition) is 3. The van der Waals surface area contributed by atoms with Crippen LogP contribution in [0.4, 0.5) is 18.9 Å². The van der Waals surface area contributed by atoms with Gasteiger partial charge in [-0.15, -0.1) is 0 Å². The third kappa shape index (κ3) is 6.37. The largest absolute Gasteiger partial charge is 0.390 e. The molecule has 4 aromatic rings. The number of fused-ring (bicyclic) bond motifs is 1. The SMILES string of the molecule is CCNC(=O)c1ccc(-c2cc(NCCC(F)(F)F)c3ncn(-c4ccc(C(=O)NC5CC5)c(C)c4)c3c2)cc1C. The molecule has 0 aliphatic heterocycles. The van der Waals surface area contributed by atoms with Gasteiger partial charge in [-0.05, 0) is 92.3 Å². The summed E-state index contributed by atoms with van der Waals surface area (Å²) in [5, 5.41) is 8.74. The van der Waals surface area contributed by atoms with Crippen molar-refractivity contribution in [2.45, 2.75) is 52.3 Å². The van der Waals surface area contributed by atoms with Crippen LogP contribution in [0.3, 0.4) is 0 Å². The van der Waals surface area contributed by atoms with Crippen LogP contribution in [0.15, 0.2) is 54.9 Å². The molecule has 0 bridgehead atoms. The van der Waals surface area contributed by atoms with Gasteiger partial charge in [0.25, 0.3) is 11.8 Å². The van der Waals surface area contributed by atoms with Crippen molar-refractivity contribution in [2.75, 3.05) is 18.4 Å². The molecule has 3 aromatic carbocycles. The maximum Gasteiger partial charge on any atom is 0.390 e. The lowest BCUT2D eigenvalue weighted by Crippen LogP contribution is -2.26. The van der Waals surface area contributed by atoms with Crippen molar-refractivity contribution in [2.24, 2.45) is 0 Å². The fraction of sp³-hybridized carbons (Fsp3) is 0.323. The fourth-order valence-corrected chi connectivity index (χ4v) is 4.86. The number of aryl methyl sites for hydroxylation is 2. The molecule has 1 aliphatic carbocycles. The number of benzene rings is 3. The Morgan fingerprint density at radius 3 is 2.32 bits per heavy atom. The highest BCUT2D eigenvalue weighted by molar-refractivity contribution is 5.98. The van der Waals surface area contributed by atoms with E-state index in [1.54, 1.807) is 24.5 Å². The lowest BCUT2D eigenvalue weighted by atomic mass is 9.98. The highest BCUT2D eigenvalue weighted by Gasteiger charge is 2.27. The second kappa shape index (κ2) is 11.3. The molecule has 1 heterocycles. The number of nitrogens with zero attached hydrogens (tertiary/aromatic N) is 2. The van der Waals surface area contributed by atoms with Crippen molar-refractivity contribution in [1.29, 1.82) is 0 Å². The lowest BCUT2D eigenvalue weighted by Gasteiger charge is -2.14. The van der Waals surface area contributed by atoms with Gasteiger partial charge >= 0.3 is 6.18 Å². The van der Waals surface area contributed by atoms with Crippen molar-refractivity contribution in [1.82, 2.24) is 20.2 Å². The van der Waals surface area contributed by atoms with E-state index in [4.69, 9.17) is 0 Å². The second-order valence-corrected chi connectivity index (χ2v) is 10.4. The molecule has 1 saturated carbocycles. The topological polar surface area (TPSA) is 88.1 Å². The number of aromatic nitrogens is 2. The standard InChI is InChI=1S/C31H32F3N5O2/c1-4-35-29(40)24-9-5-20(13-18(24)2)21-15-26(36-12-11-31(32,33)34)28-27(16-21)39(17-37-28)23-8-10-25(19(3)14-23)30(41)38-22-6-7-22/h5,8-10,13-17,22,36H,4,6-7,11-12H2,1-3H3,(H,35,40)(H,38,41). The van der Waals surface area contributed by atoms with Gasteiger partial charge in [-0.25, -0.2) is 4.98 Å². The molecular weight excluding hydrogens is 531 g/mol. The molecule has 214 valence electrons. The zero-order valence-corrected chi connectivity index (χ0v) is 23.2. The molecule has 0 unspecified atom stereocenters. The van der Waals surface area contributed by atoms with Crippen molar-refractivity contribution in [3.63, 3.8) is 0 Å². The molecule has 1 aliphatic rings. The molecule has 0 spiro atoms. The van der Waals surface area contributed by atoms with Gasteiger partial charge < -0.3 is 16.0 Å². The Morgan fingerprint density at radius 2 is 1.66 bits per heavy atom. The Balaban J connectivity index is 1.55. The number of imidazole rings is 1. The summed E-state index contributed by atoms with van der Waals surface area (Å²) in [5.41, 5.74) is 6.79. The number of halogens is 3. The van der Waals surface area contributed by atoms with Crippen LogP contribution in [0.2, 0.25) is 0 Å². The molecule has 3 N–H and O–H groups in total. The smallest absolute Gasteiger partial charge is 0.383 e. The Labute approximate surface area is 236 Å². The predicted molar refractivity (Wildman–Crippen MR) is 154 cm³/mol. The number of alkyl halides is 3. The summed E-state index contributed by atoms with van der Waals surface area (Å²) in [6.07, 6.45) is -1.64. The number of rotatable bonds is 9. The first kappa shape index (κ1) is 28.2. The summed E-state index contributed by atoms with van der Waals surface area (Å²) in [6.45, 7) is 5.79. The molecule has 5 rings (SSSR count). The first-order valence-corrected chi connectivity index (χ1v) is 13.7. The molecule has 41 heavy (non-hydrogen) atoms. The summed E-state index contributed by atoms with van der Waals surface area (Å²) >= 11 is 0. The van der Waals surface area contributed by atoms with E-state index in [0.29, 0.717) is 34.4 Å². The Hall–Kier alpha value is -4.34. The van der Waals surface area contributed by atoms with Crippen LogP contribution in [0, 0.1) is 13.8 Å². The summed E-state index contributed by atoms with van der Waals surface area (Å²) in [5.74, 6) is -0.263. The molecule has 7 nitrogen and oxygen atoms in total. The average Bonchev–Trinajstić information content (AvgIpc) is 3.62. The van der Waals surface area contributed by atoms with Gasteiger partial charge in [0.15, 0.2) is 0 Å². The zero-order chi connectivity index (χ0) is 29.3. The van der Waals surface area contributed by atoms with Gasteiger partial charge in [0, 0.05) is 35.9 Å². The van der Waals surface area contributed by atoms with Gasteiger partial charge in [-0.3, -0.25) is 14.2 Å². The number of amides is 2. The third-order valence-corrected chi connectivity index (χ3v) is 7.16. The molecule has 1 aromatic heterocycles. The Bertz CT molecular complexity index is 1620. The van der Waals surface area contributed by atoms with Crippen LogP contribution < -0.4 is 16.0 Å². The number of nitrogens with one attached hydrogen (secondary N) is 3. The molecule has 2 amide bonds. The first-order valence-electron chi connectivity index (χ1n) is 13.7. The molecule has 0 saturated heterocycles. The predicted octanol–water partition coefficient (Wildman–Crippen LogP) is 6.32. The minimum absolute atomic E-state index is 0.100. The van der Waals surface area contributed by atoms with Gasteiger partial charge in [-0.2, -0.15) is 13.2 Å². The van der Waals surface area contributed by atoms with Crippen molar-refractivity contribution in [3.8, 4) is 16.8 Å². The molecular formula is C31H32F3N5O2. The van der Waals surface area contributed by atoms with Crippen LogP contribution in [-0.4, -0.2) is 46.7 Å². The molecule has 10 heteroatoms. The van der Waals surface area contributed by atoms with Crippen LogP contribution in [-0.2, 0) is 0 Å². The molecule has 1 fully saturated rings.